The van der Waals surface area contributed by atoms with E-state index < -0.39 is 0 Å². The van der Waals surface area contributed by atoms with Crippen LogP contribution in [0.25, 0.3) is 0 Å². The van der Waals surface area contributed by atoms with E-state index in [9.17, 15) is 0 Å². The van der Waals surface area contributed by atoms with E-state index in [4.69, 9.17) is 0 Å². The molecule has 4 heteroatoms. The van der Waals surface area contributed by atoms with Gasteiger partial charge in [0, 0.05) is 0 Å². The molecule has 1 fully saturated rings. The Bertz CT molecular complexity index is 370. The molecule has 0 N–H and O–H groups in total. The average molecular weight is 669 g/mol. The molecule has 0 spiro atoms. The van der Waals surface area contributed by atoms with Gasteiger partial charge in [0.1, 0.15) is 0 Å². The van der Waals surface area contributed by atoms with E-state index >= 15 is 0 Å². The molecule has 0 bridgehead atoms. The SMILES string of the molecule is C1=CC(=C2[Te][Te][Te][Te]2)C2=C1CCCCCC2. The van der Waals surface area contributed by atoms with Gasteiger partial charge in [-0.05, 0) is 0 Å². The molecule has 0 amide bonds. The first-order chi connectivity index (χ1) is 7.95. The van der Waals surface area contributed by atoms with E-state index in [1.165, 1.54) is 38.5 Å². The predicted molar refractivity (Wildman–Crippen MR) is 73.9 cm³/mol. The van der Waals surface area contributed by atoms with Crippen molar-refractivity contribution >= 4 is 60.5 Å². The Balaban J connectivity index is 1.91. The monoisotopic (exact) mass is 678 g/mol. The van der Waals surface area contributed by atoms with Gasteiger partial charge in [-0.1, -0.05) is 0 Å². The normalized spacial score (nSPS) is 26.0. The number of rotatable bonds is 0. The summed E-state index contributed by atoms with van der Waals surface area (Å²) in [6.45, 7) is 0. The summed E-state index contributed by atoms with van der Waals surface area (Å²) in [7, 11) is 0. The molecule has 0 aromatic rings. The van der Waals surface area contributed by atoms with Gasteiger partial charge in [-0.2, -0.15) is 0 Å². The molecule has 2 aliphatic carbocycles. The summed E-state index contributed by atoms with van der Waals surface area (Å²) >= 11 is 2.33. The van der Waals surface area contributed by atoms with Crippen molar-refractivity contribution in [1.82, 2.24) is 0 Å². The number of allylic oxidation sites excluding steroid dienone is 5. The molecule has 0 atom stereocenters. The van der Waals surface area contributed by atoms with Crippen molar-refractivity contribution in [2.45, 2.75) is 38.5 Å². The summed E-state index contributed by atoms with van der Waals surface area (Å²) in [4.78, 5) is 0. The standard InChI is InChI=1S/C12H14Te4/c1-2-4-6-10-9(5-3-1)7-8-11(10)12-13-15-16-14-12/h7-8H,1-6H2. The van der Waals surface area contributed by atoms with Crippen molar-refractivity contribution in [1.29, 1.82) is 0 Å². The molecule has 86 valence electrons. The van der Waals surface area contributed by atoms with E-state index in [1.807, 2.05) is 11.1 Å². The molecule has 3 aliphatic rings. The van der Waals surface area contributed by atoms with Gasteiger partial charge in [0.15, 0.2) is 0 Å². The summed E-state index contributed by atoms with van der Waals surface area (Å²) in [5, 5.41) is 0. The molecule has 0 radical (unpaired) electrons. The molecule has 0 nitrogen and oxygen atoms in total. The van der Waals surface area contributed by atoms with Crippen LogP contribution in [0.1, 0.15) is 38.5 Å². The quantitative estimate of drug-likeness (QED) is 0.347. The van der Waals surface area contributed by atoms with Gasteiger partial charge in [-0.15, -0.1) is 0 Å². The van der Waals surface area contributed by atoms with Crippen molar-refractivity contribution in [2.24, 2.45) is 0 Å². The van der Waals surface area contributed by atoms with E-state index in [2.05, 4.69) is 13.8 Å². The predicted octanol–water partition coefficient (Wildman–Crippen LogP) is 1.99. The van der Waals surface area contributed by atoms with E-state index in [-0.39, 0.29) is 0 Å². The maximum absolute atomic E-state index is 2.53. The van der Waals surface area contributed by atoms with Crippen molar-refractivity contribution in [2.75, 3.05) is 0 Å². The Kier molecular flexibility index (Phi) is 5.60. The number of hydrogen-bond acceptors (Lipinski definition) is 0. The van der Waals surface area contributed by atoms with Gasteiger partial charge in [-0.25, -0.2) is 0 Å². The van der Waals surface area contributed by atoms with Crippen LogP contribution in [0.15, 0.2) is 30.5 Å². The number of hydrogen-bond donors (Lipinski definition) is 0. The third kappa shape index (κ3) is 3.09. The fourth-order valence-corrected chi connectivity index (χ4v) is 158. The molecular formula is C12H14Te4. The van der Waals surface area contributed by atoms with Crippen LogP contribution in [-0.4, -0.2) is 60.5 Å². The van der Waals surface area contributed by atoms with Crippen molar-refractivity contribution in [3.63, 3.8) is 0 Å². The first-order valence-electron chi connectivity index (χ1n) is 5.78. The molecule has 1 aliphatic heterocycles. The fourth-order valence-electron chi connectivity index (χ4n) is 2.44. The third-order valence-corrected chi connectivity index (χ3v) is 105. The van der Waals surface area contributed by atoms with Crippen LogP contribution >= 0.6 is 0 Å². The second-order valence-corrected chi connectivity index (χ2v) is 57.4. The minimum absolute atomic E-state index is 0.478. The van der Waals surface area contributed by atoms with E-state index in [0.717, 1.165) is 0 Å². The first-order valence-corrected chi connectivity index (χ1v) is 30.1. The molecule has 0 aromatic heterocycles. The Hall–Kier alpha value is 2.38. The van der Waals surface area contributed by atoms with Crippen LogP contribution in [0.4, 0.5) is 0 Å². The molecule has 3 rings (SSSR count). The zero-order chi connectivity index (χ0) is 10.8. The van der Waals surface area contributed by atoms with Crippen LogP contribution in [0, 0.1) is 0 Å². The first kappa shape index (κ1) is 13.4. The molecular weight excluding hydrogens is 655 g/mol. The second-order valence-electron chi connectivity index (χ2n) is 4.26. The van der Waals surface area contributed by atoms with Crippen molar-refractivity contribution < 1.29 is 0 Å². The van der Waals surface area contributed by atoms with Crippen molar-refractivity contribution in [3.05, 3.63) is 30.5 Å². The Morgan fingerprint density at radius 1 is 0.812 bits per heavy atom. The van der Waals surface area contributed by atoms with Gasteiger partial charge in [0.2, 0.25) is 0 Å². The summed E-state index contributed by atoms with van der Waals surface area (Å²) < 4.78 is 2.14. The maximum atomic E-state index is 2.53. The molecule has 1 heterocycles. The minimum atomic E-state index is 0.478. The second kappa shape index (κ2) is 6.70. The summed E-state index contributed by atoms with van der Waals surface area (Å²) in [5.41, 5.74) is 5.43. The van der Waals surface area contributed by atoms with Gasteiger partial charge < -0.3 is 0 Å². The van der Waals surface area contributed by atoms with Gasteiger partial charge in [0.05, 0.1) is 0 Å². The molecule has 0 aromatic carbocycles. The summed E-state index contributed by atoms with van der Waals surface area (Å²) in [6.07, 6.45) is 13.7. The summed E-state index contributed by atoms with van der Waals surface area (Å²) in [5.74, 6) is 0. The van der Waals surface area contributed by atoms with Gasteiger partial charge >= 0.3 is 130 Å². The van der Waals surface area contributed by atoms with Gasteiger partial charge in [-0.3, -0.25) is 0 Å². The fraction of sp³-hybridized carbons (Fsp3) is 0.500. The third-order valence-electron chi connectivity index (χ3n) is 3.25. The average Bonchev–Trinajstić information content (AvgIpc) is 2.86. The van der Waals surface area contributed by atoms with E-state index in [0.29, 0.717) is 60.5 Å². The molecule has 1 saturated heterocycles. The van der Waals surface area contributed by atoms with Crippen LogP contribution in [0.3, 0.4) is 0 Å². The van der Waals surface area contributed by atoms with Crippen LogP contribution in [0.5, 0.6) is 0 Å². The zero-order valence-corrected chi connectivity index (χ0v) is 18.4. The van der Waals surface area contributed by atoms with Crippen molar-refractivity contribution in [3.8, 4) is 0 Å². The van der Waals surface area contributed by atoms with Gasteiger partial charge in [0.25, 0.3) is 0 Å². The van der Waals surface area contributed by atoms with Crippen LogP contribution < -0.4 is 0 Å². The molecule has 16 heavy (non-hydrogen) atoms. The topological polar surface area (TPSA) is 0 Å². The Morgan fingerprint density at radius 3 is 2.38 bits per heavy atom. The summed E-state index contributed by atoms with van der Waals surface area (Å²) in [6, 6.07) is 0. The molecule has 0 unspecified atom stereocenters. The van der Waals surface area contributed by atoms with Crippen LogP contribution in [0.2, 0.25) is 0 Å². The Morgan fingerprint density at radius 2 is 1.56 bits per heavy atom. The van der Waals surface area contributed by atoms with E-state index in [1.54, 1.807) is 5.57 Å². The Labute approximate surface area is 127 Å². The molecule has 0 saturated carbocycles. The zero-order valence-electron chi connectivity index (χ0n) is 9.03. The van der Waals surface area contributed by atoms with Crippen LogP contribution in [-0.2, 0) is 0 Å².